The summed E-state index contributed by atoms with van der Waals surface area (Å²) in [5.41, 5.74) is 2.10. The predicted molar refractivity (Wildman–Crippen MR) is 126 cm³/mol. The summed E-state index contributed by atoms with van der Waals surface area (Å²) in [4.78, 5) is 26.6. The molecule has 0 atom stereocenters. The van der Waals surface area contributed by atoms with E-state index in [2.05, 4.69) is 5.32 Å². The molecule has 170 valence electrons. The van der Waals surface area contributed by atoms with Crippen molar-refractivity contribution in [2.45, 2.75) is 25.7 Å². The molecule has 3 aromatic carbocycles. The Kier molecular flexibility index (Phi) is 5.52. The number of benzene rings is 3. The van der Waals surface area contributed by atoms with E-state index in [1.165, 1.54) is 13.2 Å². The molecule has 0 radical (unpaired) electrons. The highest BCUT2D eigenvalue weighted by Gasteiger charge is 2.38. The van der Waals surface area contributed by atoms with Crippen LogP contribution in [0.2, 0.25) is 0 Å². The SMILES string of the molecule is COc1ccc(-c2ccc3cc(C(=O)N4CCC5(CCC(=O)NC5)CC4)ccc3c2)c(F)c1. The van der Waals surface area contributed by atoms with Crippen molar-refractivity contribution in [2.24, 2.45) is 5.41 Å². The van der Waals surface area contributed by atoms with E-state index in [1.807, 2.05) is 41.3 Å². The van der Waals surface area contributed by atoms with Crippen molar-refractivity contribution in [3.8, 4) is 16.9 Å². The van der Waals surface area contributed by atoms with E-state index in [0.29, 0.717) is 36.4 Å². The third-order valence-corrected chi connectivity index (χ3v) is 7.23. The van der Waals surface area contributed by atoms with Gasteiger partial charge in [-0.3, -0.25) is 9.59 Å². The van der Waals surface area contributed by atoms with Gasteiger partial charge in [0, 0.05) is 43.2 Å². The van der Waals surface area contributed by atoms with Gasteiger partial charge in [0.15, 0.2) is 0 Å². The molecule has 1 N–H and O–H groups in total. The number of fused-ring (bicyclic) bond motifs is 1. The number of ether oxygens (including phenoxy) is 1. The first kappa shape index (κ1) is 21.4. The molecule has 2 saturated heterocycles. The number of carbonyl (C=O) groups is 2. The number of piperidine rings is 2. The number of rotatable bonds is 3. The molecule has 0 saturated carbocycles. The Morgan fingerprint density at radius 1 is 1.00 bits per heavy atom. The number of likely N-dealkylation sites (tertiary alicyclic amines) is 1. The largest absolute Gasteiger partial charge is 0.497 e. The van der Waals surface area contributed by atoms with E-state index in [1.54, 1.807) is 12.1 Å². The molecule has 0 aromatic heterocycles. The van der Waals surface area contributed by atoms with Crippen LogP contribution in [0.3, 0.4) is 0 Å². The third kappa shape index (κ3) is 4.17. The van der Waals surface area contributed by atoms with Crippen LogP contribution < -0.4 is 10.1 Å². The normalized spacial score (nSPS) is 17.8. The standard InChI is InChI=1S/C27H27FN2O3/c1-33-22-6-7-23(24(28)16-22)20-4-2-19-15-21(5-3-18(19)14-20)26(32)30-12-10-27(11-13-30)9-8-25(31)29-17-27/h2-7,14-16H,8-13,17H2,1H3,(H,29,31). The van der Waals surface area contributed by atoms with Gasteiger partial charge in [-0.25, -0.2) is 4.39 Å². The molecule has 2 heterocycles. The van der Waals surface area contributed by atoms with Crippen molar-refractivity contribution in [3.63, 3.8) is 0 Å². The summed E-state index contributed by atoms with van der Waals surface area (Å²) >= 11 is 0. The van der Waals surface area contributed by atoms with Crippen LogP contribution in [0.15, 0.2) is 54.6 Å². The Bertz CT molecular complexity index is 1220. The van der Waals surface area contributed by atoms with Gasteiger partial charge in [0.2, 0.25) is 5.91 Å². The fourth-order valence-electron chi connectivity index (χ4n) is 5.04. The first-order chi connectivity index (χ1) is 16.0. The van der Waals surface area contributed by atoms with E-state index in [-0.39, 0.29) is 23.0 Å². The van der Waals surface area contributed by atoms with Crippen molar-refractivity contribution in [1.82, 2.24) is 10.2 Å². The highest BCUT2D eigenvalue weighted by Crippen LogP contribution is 2.38. The number of carbonyl (C=O) groups excluding carboxylic acids is 2. The van der Waals surface area contributed by atoms with Crippen LogP contribution in [-0.4, -0.2) is 43.5 Å². The van der Waals surface area contributed by atoms with Gasteiger partial charge in [0.1, 0.15) is 11.6 Å². The van der Waals surface area contributed by atoms with Gasteiger partial charge in [-0.1, -0.05) is 18.2 Å². The maximum absolute atomic E-state index is 14.5. The summed E-state index contributed by atoms with van der Waals surface area (Å²) in [5.74, 6) is 0.322. The first-order valence-electron chi connectivity index (χ1n) is 11.4. The van der Waals surface area contributed by atoms with Crippen molar-refractivity contribution in [2.75, 3.05) is 26.7 Å². The molecule has 5 nitrogen and oxygen atoms in total. The molecule has 2 aliphatic heterocycles. The predicted octanol–water partition coefficient (Wildman–Crippen LogP) is 4.79. The van der Waals surface area contributed by atoms with Crippen LogP contribution in [0.1, 0.15) is 36.0 Å². The maximum atomic E-state index is 14.5. The summed E-state index contributed by atoms with van der Waals surface area (Å²) in [6, 6.07) is 16.3. The number of hydrogen-bond acceptors (Lipinski definition) is 3. The van der Waals surface area contributed by atoms with E-state index >= 15 is 0 Å². The van der Waals surface area contributed by atoms with Crippen LogP contribution in [0.25, 0.3) is 21.9 Å². The highest BCUT2D eigenvalue weighted by atomic mass is 19.1. The molecule has 0 bridgehead atoms. The van der Waals surface area contributed by atoms with Crippen LogP contribution in [0.4, 0.5) is 4.39 Å². The van der Waals surface area contributed by atoms with Crippen molar-refractivity contribution < 1.29 is 18.7 Å². The van der Waals surface area contributed by atoms with E-state index < -0.39 is 0 Å². The second-order valence-electron chi connectivity index (χ2n) is 9.19. The number of halogens is 1. The van der Waals surface area contributed by atoms with Crippen molar-refractivity contribution >= 4 is 22.6 Å². The van der Waals surface area contributed by atoms with Gasteiger partial charge < -0.3 is 15.0 Å². The third-order valence-electron chi connectivity index (χ3n) is 7.23. The van der Waals surface area contributed by atoms with Crippen molar-refractivity contribution in [3.05, 3.63) is 66.0 Å². The van der Waals surface area contributed by atoms with Crippen LogP contribution in [-0.2, 0) is 4.79 Å². The van der Waals surface area contributed by atoms with Gasteiger partial charge in [-0.05, 0) is 71.3 Å². The lowest BCUT2D eigenvalue weighted by atomic mass is 9.73. The molecule has 0 unspecified atom stereocenters. The number of methoxy groups -OCH3 is 1. The second kappa shape index (κ2) is 8.50. The monoisotopic (exact) mass is 446 g/mol. The van der Waals surface area contributed by atoms with Gasteiger partial charge in [0.05, 0.1) is 7.11 Å². The lowest BCUT2D eigenvalue weighted by molar-refractivity contribution is -0.125. The average molecular weight is 447 g/mol. The minimum absolute atomic E-state index is 0.0388. The van der Waals surface area contributed by atoms with E-state index in [4.69, 9.17) is 4.74 Å². The van der Waals surface area contributed by atoms with Gasteiger partial charge in [-0.2, -0.15) is 0 Å². The topological polar surface area (TPSA) is 58.6 Å². The Morgan fingerprint density at radius 3 is 2.45 bits per heavy atom. The molecule has 2 fully saturated rings. The smallest absolute Gasteiger partial charge is 0.253 e. The zero-order valence-corrected chi connectivity index (χ0v) is 18.7. The van der Waals surface area contributed by atoms with Crippen LogP contribution in [0, 0.1) is 11.2 Å². The lowest BCUT2D eigenvalue weighted by Gasteiger charge is -2.44. The quantitative estimate of drug-likeness (QED) is 0.630. The van der Waals surface area contributed by atoms with E-state index in [0.717, 1.165) is 42.1 Å². The summed E-state index contributed by atoms with van der Waals surface area (Å²) in [6.07, 6.45) is 3.34. The molecular weight excluding hydrogens is 419 g/mol. The van der Waals surface area contributed by atoms with Gasteiger partial charge in [0.25, 0.3) is 5.91 Å². The summed E-state index contributed by atoms with van der Waals surface area (Å²) in [7, 11) is 1.51. The molecule has 5 rings (SSSR count). The van der Waals surface area contributed by atoms with Gasteiger partial charge >= 0.3 is 0 Å². The first-order valence-corrected chi connectivity index (χ1v) is 11.4. The summed E-state index contributed by atoms with van der Waals surface area (Å²) in [6.45, 7) is 2.14. The maximum Gasteiger partial charge on any atom is 0.253 e. The zero-order chi connectivity index (χ0) is 23.0. The molecular formula is C27H27FN2O3. The fraction of sp³-hybridized carbons (Fsp3) is 0.333. The molecule has 2 aliphatic rings. The number of nitrogens with one attached hydrogen (secondary N) is 1. The number of hydrogen-bond donors (Lipinski definition) is 1. The van der Waals surface area contributed by atoms with Crippen LogP contribution in [0.5, 0.6) is 5.75 Å². The molecule has 0 aliphatic carbocycles. The van der Waals surface area contributed by atoms with Crippen LogP contribution >= 0.6 is 0 Å². The van der Waals surface area contributed by atoms with E-state index in [9.17, 15) is 14.0 Å². The Balaban J connectivity index is 1.32. The highest BCUT2D eigenvalue weighted by molar-refractivity contribution is 5.99. The van der Waals surface area contributed by atoms with Gasteiger partial charge in [-0.15, -0.1) is 0 Å². The summed E-state index contributed by atoms with van der Waals surface area (Å²) in [5, 5.41) is 4.89. The fourth-order valence-corrected chi connectivity index (χ4v) is 5.04. The molecule has 6 heteroatoms. The Hall–Kier alpha value is -3.41. The average Bonchev–Trinajstić information content (AvgIpc) is 2.85. The molecule has 1 spiro atoms. The second-order valence-corrected chi connectivity index (χ2v) is 9.19. The molecule has 2 amide bonds. The zero-order valence-electron chi connectivity index (χ0n) is 18.7. The Morgan fingerprint density at radius 2 is 1.76 bits per heavy atom. The minimum atomic E-state index is -0.333. The molecule has 33 heavy (non-hydrogen) atoms. The molecule has 3 aromatic rings. The summed E-state index contributed by atoms with van der Waals surface area (Å²) < 4.78 is 19.6. The minimum Gasteiger partial charge on any atom is -0.497 e. The lowest BCUT2D eigenvalue weighted by Crippen LogP contribution is -2.50. The Labute approximate surface area is 192 Å². The number of amides is 2. The van der Waals surface area contributed by atoms with Crippen molar-refractivity contribution in [1.29, 1.82) is 0 Å². The number of nitrogens with zero attached hydrogens (tertiary/aromatic N) is 1.